The summed E-state index contributed by atoms with van der Waals surface area (Å²) in [7, 11) is 0. The molecule has 0 spiro atoms. The number of hydrazone groups is 1. The van der Waals surface area contributed by atoms with Crippen molar-refractivity contribution in [3.05, 3.63) is 95.6 Å². The van der Waals surface area contributed by atoms with E-state index >= 15 is 0 Å². The molecule has 0 aliphatic rings. The molecule has 1 heterocycles. The van der Waals surface area contributed by atoms with Gasteiger partial charge in [-0.1, -0.05) is 72.8 Å². The molecule has 0 amide bonds. The number of fused-ring (bicyclic) bond motifs is 1. The van der Waals surface area contributed by atoms with Gasteiger partial charge in [-0.15, -0.1) is 10.2 Å². The molecule has 4 rings (SSSR count). The topological polar surface area (TPSA) is 71.4 Å². The molecular formula is C27H28F3N5O. The van der Waals surface area contributed by atoms with Crippen LogP contribution in [0, 0.1) is 0 Å². The quantitative estimate of drug-likeness (QED) is 0.157. The van der Waals surface area contributed by atoms with Crippen molar-refractivity contribution in [2.75, 3.05) is 12.0 Å². The van der Waals surface area contributed by atoms with Gasteiger partial charge in [0, 0.05) is 31.0 Å². The number of ether oxygens (including phenoxy) is 1. The maximum atomic E-state index is 10.4. The van der Waals surface area contributed by atoms with Crippen molar-refractivity contribution >= 4 is 23.3 Å². The number of anilines is 1. The Labute approximate surface area is 208 Å². The molecule has 0 saturated carbocycles. The Morgan fingerprint density at radius 2 is 1.50 bits per heavy atom. The Bertz CT molecular complexity index is 1240. The summed E-state index contributed by atoms with van der Waals surface area (Å²) >= 11 is 0. The van der Waals surface area contributed by atoms with E-state index in [1.165, 1.54) is 11.1 Å². The van der Waals surface area contributed by atoms with E-state index in [0.29, 0.717) is 18.3 Å². The fourth-order valence-electron chi connectivity index (χ4n) is 3.43. The highest BCUT2D eigenvalue weighted by atomic mass is 19.4. The van der Waals surface area contributed by atoms with Crippen molar-refractivity contribution in [3.8, 4) is 5.88 Å². The lowest BCUT2D eigenvalue weighted by molar-refractivity contribution is -0.110. The first-order chi connectivity index (χ1) is 17.3. The summed E-state index contributed by atoms with van der Waals surface area (Å²) in [6.45, 7) is 5.81. The van der Waals surface area contributed by atoms with Gasteiger partial charge in [-0.2, -0.15) is 18.3 Å². The maximum Gasteiger partial charge on any atom is 0.386 e. The third-order valence-corrected chi connectivity index (χ3v) is 4.97. The van der Waals surface area contributed by atoms with Gasteiger partial charge in [0.05, 0.1) is 0 Å². The summed E-state index contributed by atoms with van der Waals surface area (Å²) in [6, 6.07) is 26.7. The lowest BCUT2D eigenvalue weighted by Gasteiger charge is -2.11. The van der Waals surface area contributed by atoms with E-state index in [0.717, 1.165) is 35.8 Å². The Hall–Kier alpha value is -3.98. The summed E-state index contributed by atoms with van der Waals surface area (Å²) in [5.41, 5.74) is 6.42. The van der Waals surface area contributed by atoms with Gasteiger partial charge in [0.2, 0.25) is 5.88 Å². The van der Waals surface area contributed by atoms with E-state index in [1.54, 1.807) is 0 Å². The Kier molecular flexibility index (Phi) is 9.76. The van der Waals surface area contributed by atoms with Crippen molar-refractivity contribution in [2.24, 2.45) is 5.10 Å². The predicted octanol–water partition coefficient (Wildman–Crippen LogP) is 6.14. The first-order valence-corrected chi connectivity index (χ1v) is 11.3. The number of rotatable bonds is 10. The minimum atomic E-state index is -4.00. The van der Waals surface area contributed by atoms with Gasteiger partial charge in [0.25, 0.3) is 0 Å². The largest absolute Gasteiger partial charge is 0.471 e. The van der Waals surface area contributed by atoms with Crippen molar-refractivity contribution in [3.63, 3.8) is 0 Å². The first kappa shape index (κ1) is 26.6. The molecule has 0 bridgehead atoms. The first-order valence-electron chi connectivity index (χ1n) is 11.3. The zero-order valence-corrected chi connectivity index (χ0v) is 19.9. The number of halogens is 3. The highest BCUT2D eigenvalue weighted by Crippen LogP contribution is 2.28. The molecule has 0 atom stereocenters. The van der Waals surface area contributed by atoms with Gasteiger partial charge >= 0.3 is 6.18 Å². The van der Waals surface area contributed by atoms with Crippen LogP contribution >= 0.6 is 0 Å². The minimum Gasteiger partial charge on any atom is -0.471 e. The van der Waals surface area contributed by atoms with Crippen molar-refractivity contribution < 1.29 is 17.9 Å². The average molecular weight is 496 g/mol. The number of aromatic nitrogens is 2. The molecule has 3 aromatic carbocycles. The average Bonchev–Trinajstić information content (AvgIpc) is 2.86. The highest BCUT2D eigenvalue weighted by molar-refractivity contribution is 5.94. The number of hydrogen-bond acceptors (Lipinski definition) is 6. The normalized spacial score (nSPS) is 10.9. The molecule has 36 heavy (non-hydrogen) atoms. The SMILES string of the molecule is C=NNc1nnc(OCc2cccc(CNCCc3ccccc3)c2)c2ccccc12.CC(F)(F)F. The molecule has 6 nitrogen and oxygen atoms in total. The summed E-state index contributed by atoms with van der Waals surface area (Å²) in [4.78, 5) is 0. The van der Waals surface area contributed by atoms with E-state index in [1.807, 2.05) is 30.3 Å². The third kappa shape index (κ3) is 8.99. The molecule has 0 radical (unpaired) electrons. The van der Waals surface area contributed by atoms with Crippen LogP contribution in [0.15, 0.2) is 84.0 Å². The van der Waals surface area contributed by atoms with Crippen molar-refractivity contribution in [2.45, 2.75) is 32.7 Å². The van der Waals surface area contributed by atoms with E-state index in [4.69, 9.17) is 4.74 Å². The van der Waals surface area contributed by atoms with E-state index in [9.17, 15) is 13.2 Å². The van der Waals surface area contributed by atoms with Gasteiger partial charge in [0.1, 0.15) is 6.61 Å². The third-order valence-electron chi connectivity index (χ3n) is 4.97. The molecule has 9 heteroatoms. The van der Waals surface area contributed by atoms with Crippen LogP contribution in [0.5, 0.6) is 5.88 Å². The second kappa shape index (κ2) is 13.2. The minimum absolute atomic E-state index is 0.188. The Balaban J connectivity index is 0.000000658. The van der Waals surface area contributed by atoms with Gasteiger partial charge < -0.3 is 10.1 Å². The van der Waals surface area contributed by atoms with Crippen LogP contribution in [-0.2, 0) is 19.6 Å². The van der Waals surface area contributed by atoms with Crippen LogP contribution in [0.3, 0.4) is 0 Å². The van der Waals surface area contributed by atoms with Gasteiger partial charge in [0.15, 0.2) is 5.82 Å². The smallest absolute Gasteiger partial charge is 0.386 e. The van der Waals surface area contributed by atoms with Gasteiger partial charge in [-0.25, -0.2) is 0 Å². The van der Waals surface area contributed by atoms with Crippen LogP contribution in [0.4, 0.5) is 19.0 Å². The lowest BCUT2D eigenvalue weighted by atomic mass is 10.1. The number of hydrogen-bond donors (Lipinski definition) is 2. The number of benzene rings is 3. The number of alkyl halides is 3. The maximum absolute atomic E-state index is 10.4. The summed E-state index contributed by atoms with van der Waals surface area (Å²) in [6.07, 6.45) is -2.98. The molecule has 0 aliphatic carbocycles. The molecule has 0 saturated heterocycles. The van der Waals surface area contributed by atoms with E-state index in [-0.39, 0.29) is 6.92 Å². The summed E-state index contributed by atoms with van der Waals surface area (Å²) in [5, 5.41) is 17.3. The van der Waals surface area contributed by atoms with Crippen molar-refractivity contribution in [1.29, 1.82) is 0 Å². The molecule has 1 aromatic heterocycles. The standard InChI is InChI=1S/C25H25N5O.C2H3F3/c1-26-28-24-22-12-5-6-13-23(22)25(30-29-24)31-18-21-11-7-10-20(16-21)17-27-15-14-19-8-3-2-4-9-19;1-2(3,4)5/h2-13,16,27H,1,14-15,17-18H2,(H,28,29);1H3. The monoisotopic (exact) mass is 495 g/mol. The molecule has 0 aliphatic heterocycles. The zero-order chi connectivity index (χ0) is 25.8. The van der Waals surface area contributed by atoms with Crippen molar-refractivity contribution in [1.82, 2.24) is 15.5 Å². The zero-order valence-electron chi connectivity index (χ0n) is 19.9. The molecular weight excluding hydrogens is 467 g/mol. The predicted molar refractivity (Wildman–Crippen MR) is 137 cm³/mol. The summed E-state index contributed by atoms with van der Waals surface area (Å²) < 4.78 is 37.1. The fraction of sp³-hybridized carbons (Fsp3) is 0.222. The molecule has 2 N–H and O–H groups in total. The Morgan fingerprint density at radius 3 is 2.22 bits per heavy atom. The second-order valence-electron chi connectivity index (χ2n) is 7.97. The van der Waals surface area contributed by atoms with Gasteiger partial charge in [-0.05, 0) is 35.7 Å². The van der Waals surface area contributed by atoms with Crippen LogP contribution in [-0.4, -0.2) is 29.6 Å². The van der Waals surface area contributed by atoms with Crippen LogP contribution in [0.1, 0.15) is 23.6 Å². The highest BCUT2D eigenvalue weighted by Gasteiger charge is 2.15. The molecule has 0 unspecified atom stereocenters. The second-order valence-corrected chi connectivity index (χ2v) is 7.97. The Morgan fingerprint density at radius 1 is 0.861 bits per heavy atom. The van der Waals surface area contributed by atoms with Crippen LogP contribution in [0.2, 0.25) is 0 Å². The molecule has 4 aromatic rings. The lowest BCUT2D eigenvalue weighted by Crippen LogP contribution is -2.16. The fourth-order valence-corrected chi connectivity index (χ4v) is 3.43. The van der Waals surface area contributed by atoms with Crippen LogP contribution < -0.4 is 15.5 Å². The number of nitrogens with one attached hydrogen (secondary N) is 2. The summed E-state index contributed by atoms with van der Waals surface area (Å²) in [5.74, 6) is 1.05. The molecule has 0 fully saturated rings. The number of nitrogens with zero attached hydrogens (tertiary/aromatic N) is 3. The van der Waals surface area contributed by atoms with Gasteiger partial charge in [-0.3, -0.25) is 5.43 Å². The van der Waals surface area contributed by atoms with Crippen LogP contribution in [0.25, 0.3) is 10.8 Å². The van der Waals surface area contributed by atoms with E-state index < -0.39 is 6.18 Å². The van der Waals surface area contributed by atoms with E-state index in [2.05, 4.69) is 81.3 Å². The molecule has 188 valence electrons.